The van der Waals surface area contributed by atoms with Gasteiger partial charge in [-0.05, 0) is 38.2 Å². The molecule has 0 bridgehead atoms. The average Bonchev–Trinajstić information content (AvgIpc) is 3.14. The maximum atomic E-state index is 5.57. The summed E-state index contributed by atoms with van der Waals surface area (Å²) in [5.74, 6) is 0.830. The molecule has 0 heterocycles. The second kappa shape index (κ2) is 6.18. The molecule has 17 heavy (non-hydrogen) atoms. The fourth-order valence-electron chi connectivity index (χ4n) is 2.16. The van der Waals surface area contributed by atoms with Gasteiger partial charge in [0.05, 0.1) is 12.7 Å². The highest BCUT2D eigenvalue weighted by molar-refractivity contribution is 5.21. The summed E-state index contributed by atoms with van der Waals surface area (Å²) in [5, 5.41) is 3.63. The minimum Gasteiger partial charge on any atom is -0.377 e. The zero-order chi connectivity index (χ0) is 12.1. The molecule has 2 heteroatoms. The van der Waals surface area contributed by atoms with Gasteiger partial charge in [0.2, 0.25) is 0 Å². The molecule has 0 spiro atoms. The van der Waals surface area contributed by atoms with Gasteiger partial charge in [-0.25, -0.2) is 0 Å². The van der Waals surface area contributed by atoms with Gasteiger partial charge in [-0.1, -0.05) is 30.3 Å². The van der Waals surface area contributed by atoms with E-state index in [9.17, 15) is 0 Å². The minimum atomic E-state index is 0.327. The van der Waals surface area contributed by atoms with Gasteiger partial charge < -0.3 is 10.1 Å². The topological polar surface area (TPSA) is 21.3 Å². The molecule has 0 saturated heterocycles. The number of ether oxygens (including phenoxy) is 1. The van der Waals surface area contributed by atoms with Gasteiger partial charge in [0.15, 0.2) is 0 Å². The molecule has 1 aromatic rings. The van der Waals surface area contributed by atoms with Crippen molar-refractivity contribution in [3.05, 3.63) is 35.9 Å². The Bertz CT molecular complexity index is 319. The smallest absolute Gasteiger partial charge is 0.0594 e. The van der Waals surface area contributed by atoms with Crippen LogP contribution in [-0.4, -0.2) is 19.3 Å². The van der Waals surface area contributed by atoms with Crippen molar-refractivity contribution in [2.75, 3.05) is 13.2 Å². The number of nitrogens with one attached hydrogen (secondary N) is 1. The Morgan fingerprint density at radius 3 is 2.53 bits per heavy atom. The first-order valence-corrected chi connectivity index (χ1v) is 6.67. The first-order chi connectivity index (χ1) is 8.27. The largest absolute Gasteiger partial charge is 0.377 e. The third-order valence-corrected chi connectivity index (χ3v) is 3.17. The van der Waals surface area contributed by atoms with Gasteiger partial charge in [-0.3, -0.25) is 0 Å². The van der Waals surface area contributed by atoms with Crippen molar-refractivity contribution in [1.82, 2.24) is 5.32 Å². The Morgan fingerprint density at radius 1 is 1.24 bits per heavy atom. The molecule has 0 aromatic heterocycles. The molecule has 1 atom stereocenters. The quantitative estimate of drug-likeness (QED) is 0.730. The summed E-state index contributed by atoms with van der Waals surface area (Å²) in [4.78, 5) is 0. The number of benzene rings is 1. The van der Waals surface area contributed by atoms with Gasteiger partial charge >= 0.3 is 0 Å². The fourth-order valence-corrected chi connectivity index (χ4v) is 2.16. The molecule has 1 N–H and O–H groups in total. The number of hydrogen-bond donors (Lipinski definition) is 1. The van der Waals surface area contributed by atoms with Crippen LogP contribution in [0, 0.1) is 5.92 Å². The van der Waals surface area contributed by atoms with E-state index in [2.05, 4.69) is 49.5 Å². The highest BCUT2D eigenvalue weighted by Gasteiger charge is 2.31. The molecule has 0 aliphatic heterocycles. The van der Waals surface area contributed by atoms with Gasteiger partial charge in [0.1, 0.15) is 0 Å². The molecule has 1 aromatic carbocycles. The van der Waals surface area contributed by atoms with E-state index >= 15 is 0 Å². The first kappa shape index (κ1) is 12.6. The van der Waals surface area contributed by atoms with E-state index in [1.165, 1.54) is 18.4 Å². The first-order valence-electron chi connectivity index (χ1n) is 6.67. The minimum absolute atomic E-state index is 0.327. The lowest BCUT2D eigenvalue weighted by Crippen LogP contribution is -2.27. The van der Waals surface area contributed by atoms with Crippen molar-refractivity contribution >= 4 is 0 Å². The maximum absolute atomic E-state index is 5.57. The van der Waals surface area contributed by atoms with Crippen LogP contribution in [0.1, 0.15) is 38.3 Å². The molecule has 1 saturated carbocycles. The Hall–Kier alpha value is -0.860. The van der Waals surface area contributed by atoms with Crippen molar-refractivity contribution in [2.24, 2.45) is 5.92 Å². The van der Waals surface area contributed by atoms with Crippen molar-refractivity contribution in [3.63, 3.8) is 0 Å². The lowest BCUT2D eigenvalue weighted by atomic mass is 10.0. The van der Waals surface area contributed by atoms with Crippen molar-refractivity contribution < 1.29 is 4.74 Å². The van der Waals surface area contributed by atoms with Gasteiger partial charge in [0.25, 0.3) is 0 Å². The van der Waals surface area contributed by atoms with E-state index in [0.717, 1.165) is 19.1 Å². The summed E-state index contributed by atoms with van der Waals surface area (Å²) in [6, 6.07) is 11.3. The van der Waals surface area contributed by atoms with Gasteiger partial charge in [-0.15, -0.1) is 0 Å². The third-order valence-electron chi connectivity index (χ3n) is 3.17. The molecule has 2 nitrogen and oxygen atoms in total. The van der Waals surface area contributed by atoms with Gasteiger partial charge in [-0.2, -0.15) is 0 Å². The summed E-state index contributed by atoms with van der Waals surface area (Å²) in [6.45, 7) is 5.90. The Morgan fingerprint density at radius 2 is 1.94 bits per heavy atom. The normalized spacial score (nSPS) is 17.4. The van der Waals surface area contributed by atoms with Crippen LogP contribution in [0.25, 0.3) is 0 Å². The SMILES string of the molecule is CC(C)OCCNC(c1ccccc1)C1CC1. The van der Waals surface area contributed by atoms with E-state index in [1.54, 1.807) is 0 Å². The molecule has 1 unspecified atom stereocenters. The second-order valence-corrected chi connectivity index (χ2v) is 5.10. The van der Waals surface area contributed by atoms with Crippen molar-refractivity contribution in [2.45, 2.75) is 38.8 Å². The van der Waals surface area contributed by atoms with E-state index in [1.807, 2.05) is 0 Å². The molecule has 1 aliphatic rings. The lowest BCUT2D eigenvalue weighted by molar-refractivity contribution is 0.0789. The van der Waals surface area contributed by atoms with Gasteiger partial charge in [0, 0.05) is 12.6 Å². The van der Waals surface area contributed by atoms with Crippen LogP contribution in [0.5, 0.6) is 0 Å². The highest BCUT2D eigenvalue weighted by atomic mass is 16.5. The predicted molar refractivity (Wildman–Crippen MR) is 71.0 cm³/mol. The average molecular weight is 233 g/mol. The third kappa shape index (κ3) is 4.14. The van der Waals surface area contributed by atoms with Crippen LogP contribution in [0.15, 0.2) is 30.3 Å². The second-order valence-electron chi connectivity index (χ2n) is 5.10. The Kier molecular flexibility index (Phi) is 4.57. The summed E-state index contributed by atoms with van der Waals surface area (Å²) in [6.07, 6.45) is 3.04. The lowest BCUT2D eigenvalue weighted by Gasteiger charge is -2.19. The van der Waals surface area contributed by atoms with Crippen LogP contribution < -0.4 is 5.32 Å². The molecule has 94 valence electrons. The van der Waals surface area contributed by atoms with E-state index < -0.39 is 0 Å². The Balaban J connectivity index is 1.82. The standard InChI is InChI=1S/C15H23NO/c1-12(2)17-11-10-16-15(14-8-9-14)13-6-4-3-5-7-13/h3-7,12,14-16H,8-11H2,1-2H3. The van der Waals surface area contributed by atoms with Crippen LogP contribution in [0.2, 0.25) is 0 Å². The van der Waals surface area contributed by atoms with Crippen LogP contribution in [0.3, 0.4) is 0 Å². The predicted octanol–water partition coefficient (Wildman–Crippen LogP) is 3.15. The summed E-state index contributed by atoms with van der Waals surface area (Å²) in [7, 11) is 0. The van der Waals surface area contributed by atoms with Crippen molar-refractivity contribution in [3.8, 4) is 0 Å². The maximum Gasteiger partial charge on any atom is 0.0594 e. The van der Waals surface area contributed by atoms with Crippen molar-refractivity contribution in [1.29, 1.82) is 0 Å². The zero-order valence-electron chi connectivity index (χ0n) is 10.9. The van der Waals surface area contributed by atoms with E-state index in [-0.39, 0.29) is 0 Å². The summed E-state index contributed by atoms with van der Waals surface area (Å²) in [5.41, 5.74) is 1.42. The Labute approximate surface area is 104 Å². The zero-order valence-corrected chi connectivity index (χ0v) is 10.9. The summed E-state index contributed by atoms with van der Waals surface area (Å²) >= 11 is 0. The van der Waals surface area contributed by atoms with E-state index in [0.29, 0.717) is 12.1 Å². The number of rotatable bonds is 7. The van der Waals surface area contributed by atoms with Crippen LogP contribution >= 0.6 is 0 Å². The van der Waals surface area contributed by atoms with E-state index in [4.69, 9.17) is 4.74 Å². The molecule has 1 aliphatic carbocycles. The number of hydrogen-bond acceptors (Lipinski definition) is 2. The molecular weight excluding hydrogens is 210 g/mol. The molecule has 0 radical (unpaired) electrons. The van der Waals surface area contributed by atoms with Crippen LogP contribution in [-0.2, 0) is 4.74 Å². The van der Waals surface area contributed by atoms with Crippen LogP contribution in [0.4, 0.5) is 0 Å². The summed E-state index contributed by atoms with van der Waals surface area (Å²) < 4.78 is 5.57. The molecule has 1 fully saturated rings. The monoisotopic (exact) mass is 233 g/mol. The molecule has 0 amide bonds. The fraction of sp³-hybridized carbons (Fsp3) is 0.600. The molecule has 2 rings (SSSR count). The molecular formula is C15H23NO. The highest BCUT2D eigenvalue weighted by Crippen LogP contribution is 2.40.